The van der Waals surface area contributed by atoms with Gasteiger partial charge < -0.3 is 5.32 Å². The fraction of sp³-hybridized carbons (Fsp3) is 0.333. The smallest absolute Gasteiger partial charge is 0.0979 e. The summed E-state index contributed by atoms with van der Waals surface area (Å²) in [5.41, 5.74) is 2.98. The first kappa shape index (κ1) is 18.0. The van der Waals surface area contributed by atoms with Gasteiger partial charge in [0.25, 0.3) is 0 Å². The average molecular weight is 351 g/mol. The van der Waals surface area contributed by atoms with E-state index in [4.69, 9.17) is 11.6 Å². The zero-order chi connectivity index (χ0) is 17.0. The van der Waals surface area contributed by atoms with Crippen molar-refractivity contribution in [1.82, 2.24) is 4.72 Å². The molecule has 0 aliphatic rings. The molecule has 23 heavy (non-hydrogen) atoms. The van der Waals surface area contributed by atoms with Crippen molar-refractivity contribution in [2.75, 3.05) is 12.4 Å². The van der Waals surface area contributed by atoms with Crippen molar-refractivity contribution in [2.24, 2.45) is 0 Å². The summed E-state index contributed by atoms with van der Waals surface area (Å²) in [6.45, 7) is 5.86. The number of nitrogens with one attached hydrogen (secondary N) is 2. The molecule has 2 rings (SSSR count). The SMILES string of the molecule is CNc1ccc(Cl)cc1[C@H](NS(=O)C(C)(C)C)c1ccccc1. The summed E-state index contributed by atoms with van der Waals surface area (Å²) in [5, 5.41) is 3.84. The number of hydrogen-bond donors (Lipinski definition) is 2. The lowest BCUT2D eigenvalue weighted by atomic mass is 9.98. The second kappa shape index (κ2) is 7.47. The van der Waals surface area contributed by atoms with Crippen LogP contribution in [0.1, 0.15) is 37.9 Å². The minimum absolute atomic E-state index is 0.211. The van der Waals surface area contributed by atoms with E-state index >= 15 is 0 Å². The summed E-state index contributed by atoms with van der Waals surface area (Å²) in [6.07, 6.45) is 0. The molecule has 0 amide bonds. The molecule has 0 saturated heterocycles. The molecule has 0 fully saturated rings. The predicted octanol–water partition coefficient (Wildman–Crippen LogP) is 4.52. The molecule has 0 aliphatic heterocycles. The van der Waals surface area contributed by atoms with Gasteiger partial charge in [-0.3, -0.25) is 0 Å². The van der Waals surface area contributed by atoms with E-state index in [9.17, 15) is 4.21 Å². The quantitative estimate of drug-likeness (QED) is 0.832. The largest absolute Gasteiger partial charge is 0.388 e. The van der Waals surface area contributed by atoms with Crippen LogP contribution in [0.3, 0.4) is 0 Å². The van der Waals surface area contributed by atoms with Crippen molar-refractivity contribution in [3.8, 4) is 0 Å². The Morgan fingerprint density at radius 1 is 1.09 bits per heavy atom. The number of benzene rings is 2. The van der Waals surface area contributed by atoms with Gasteiger partial charge in [0.05, 0.1) is 21.8 Å². The Labute approximate surface area is 146 Å². The molecule has 2 atom stereocenters. The second-order valence-corrected chi connectivity index (χ2v) is 8.76. The molecule has 0 aliphatic carbocycles. The molecule has 0 heterocycles. The number of rotatable bonds is 5. The first-order valence-electron chi connectivity index (χ1n) is 7.53. The van der Waals surface area contributed by atoms with Gasteiger partial charge in [-0.15, -0.1) is 0 Å². The number of halogens is 1. The molecule has 5 heteroatoms. The summed E-state index contributed by atoms with van der Waals surface area (Å²) in [6, 6.07) is 15.5. The lowest BCUT2D eigenvalue weighted by molar-refractivity contribution is 0.624. The Kier molecular flexibility index (Phi) is 5.84. The first-order valence-corrected chi connectivity index (χ1v) is 9.06. The summed E-state index contributed by atoms with van der Waals surface area (Å²) < 4.78 is 15.6. The van der Waals surface area contributed by atoms with Crippen LogP contribution in [0.25, 0.3) is 0 Å². The maximum absolute atomic E-state index is 12.7. The van der Waals surface area contributed by atoms with Gasteiger partial charge in [-0.25, -0.2) is 8.93 Å². The fourth-order valence-corrected chi connectivity index (χ4v) is 3.25. The third-order valence-corrected chi connectivity index (χ3v) is 5.31. The molecule has 3 nitrogen and oxygen atoms in total. The molecule has 124 valence electrons. The van der Waals surface area contributed by atoms with Crippen molar-refractivity contribution in [2.45, 2.75) is 31.6 Å². The zero-order valence-corrected chi connectivity index (χ0v) is 15.5. The van der Waals surface area contributed by atoms with Crippen LogP contribution in [0, 0.1) is 0 Å². The highest BCUT2D eigenvalue weighted by molar-refractivity contribution is 7.84. The zero-order valence-electron chi connectivity index (χ0n) is 13.9. The van der Waals surface area contributed by atoms with Crippen molar-refractivity contribution < 1.29 is 4.21 Å². The van der Waals surface area contributed by atoms with Gasteiger partial charge in [0.1, 0.15) is 0 Å². The van der Waals surface area contributed by atoms with Gasteiger partial charge in [-0.05, 0) is 50.1 Å². The first-order chi connectivity index (χ1) is 10.8. The molecule has 0 saturated carbocycles. The monoisotopic (exact) mass is 350 g/mol. The Bertz CT molecular complexity index is 683. The van der Waals surface area contributed by atoms with E-state index in [1.165, 1.54) is 0 Å². The van der Waals surface area contributed by atoms with Gasteiger partial charge >= 0.3 is 0 Å². The molecule has 0 aromatic heterocycles. The Morgan fingerprint density at radius 3 is 2.30 bits per heavy atom. The molecular formula is C18H23ClN2OS. The molecule has 2 aromatic rings. The van der Waals surface area contributed by atoms with E-state index in [0.717, 1.165) is 16.8 Å². The van der Waals surface area contributed by atoms with Gasteiger partial charge in [0.15, 0.2) is 0 Å². The van der Waals surface area contributed by atoms with E-state index in [1.54, 1.807) is 0 Å². The maximum atomic E-state index is 12.7. The molecule has 0 spiro atoms. The minimum Gasteiger partial charge on any atom is -0.388 e. The highest BCUT2D eigenvalue weighted by Crippen LogP contribution is 2.32. The number of anilines is 1. The third kappa shape index (κ3) is 4.56. The van der Waals surface area contributed by atoms with Crippen LogP contribution in [0.4, 0.5) is 5.69 Å². The highest BCUT2D eigenvalue weighted by Gasteiger charge is 2.26. The molecule has 0 bridgehead atoms. The normalized spacial score (nSPS) is 14.3. The van der Waals surface area contributed by atoms with Gasteiger partial charge in [0, 0.05) is 17.8 Å². The third-order valence-electron chi connectivity index (χ3n) is 3.51. The van der Waals surface area contributed by atoms with Crippen molar-refractivity contribution >= 4 is 28.3 Å². The molecule has 2 N–H and O–H groups in total. The van der Waals surface area contributed by atoms with E-state index in [2.05, 4.69) is 10.0 Å². The number of hydrogen-bond acceptors (Lipinski definition) is 2. The topological polar surface area (TPSA) is 41.1 Å². The maximum Gasteiger partial charge on any atom is 0.0979 e. The second-order valence-electron chi connectivity index (χ2n) is 6.32. The van der Waals surface area contributed by atoms with Gasteiger partial charge in [0.2, 0.25) is 0 Å². The molecule has 0 radical (unpaired) electrons. The van der Waals surface area contributed by atoms with Crippen LogP contribution in [0.5, 0.6) is 0 Å². The van der Waals surface area contributed by atoms with Crippen LogP contribution in [0.15, 0.2) is 48.5 Å². The van der Waals surface area contributed by atoms with Crippen molar-refractivity contribution in [3.63, 3.8) is 0 Å². The summed E-state index contributed by atoms with van der Waals surface area (Å²) in [4.78, 5) is 0. The van der Waals surface area contributed by atoms with Gasteiger partial charge in [-0.2, -0.15) is 0 Å². The fourth-order valence-electron chi connectivity index (χ4n) is 2.24. The lowest BCUT2D eigenvalue weighted by Crippen LogP contribution is -2.36. The van der Waals surface area contributed by atoms with Crippen LogP contribution in [-0.4, -0.2) is 16.0 Å². The van der Waals surface area contributed by atoms with Crippen molar-refractivity contribution in [3.05, 3.63) is 64.7 Å². The van der Waals surface area contributed by atoms with Crippen LogP contribution in [-0.2, 0) is 11.0 Å². The highest BCUT2D eigenvalue weighted by atomic mass is 35.5. The van der Waals surface area contributed by atoms with Crippen LogP contribution >= 0.6 is 11.6 Å². The standard InChI is InChI=1S/C18H23ClN2OS/c1-18(2,3)23(22)21-17(13-8-6-5-7-9-13)15-12-14(19)10-11-16(15)20-4/h5-12,17,20-21H,1-4H3/t17-,23?/m1/s1. The summed E-state index contributed by atoms with van der Waals surface area (Å²) in [7, 11) is 0.664. The van der Waals surface area contributed by atoms with E-state index in [0.29, 0.717) is 5.02 Å². The lowest BCUT2D eigenvalue weighted by Gasteiger charge is -2.26. The molecular weight excluding hydrogens is 328 g/mol. The molecule has 1 unspecified atom stereocenters. The minimum atomic E-state index is -1.21. The van der Waals surface area contributed by atoms with E-state index < -0.39 is 11.0 Å². The van der Waals surface area contributed by atoms with Crippen molar-refractivity contribution in [1.29, 1.82) is 0 Å². The van der Waals surface area contributed by atoms with Crippen LogP contribution in [0.2, 0.25) is 5.02 Å². The Morgan fingerprint density at radius 2 is 1.74 bits per heavy atom. The average Bonchev–Trinajstić information content (AvgIpc) is 2.52. The summed E-state index contributed by atoms with van der Waals surface area (Å²) in [5.74, 6) is 0. The summed E-state index contributed by atoms with van der Waals surface area (Å²) >= 11 is 6.20. The molecule has 2 aromatic carbocycles. The van der Waals surface area contributed by atoms with E-state index in [-0.39, 0.29) is 10.8 Å². The predicted molar refractivity (Wildman–Crippen MR) is 100 cm³/mol. The van der Waals surface area contributed by atoms with Gasteiger partial charge in [-0.1, -0.05) is 41.9 Å². The Balaban J connectivity index is 2.50. The Hall–Kier alpha value is -1.36. The van der Waals surface area contributed by atoms with Crippen LogP contribution < -0.4 is 10.0 Å². The van der Waals surface area contributed by atoms with E-state index in [1.807, 2.05) is 76.3 Å².